The van der Waals surface area contributed by atoms with Crippen molar-refractivity contribution in [3.8, 4) is 0 Å². The largest absolute Gasteiger partial charge is 0.466 e. The molecule has 142 valence electrons. The zero-order chi connectivity index (χ0) is 18.8. The molecule has 0 saturated carbocycles. The summed E-state index contributed by atoms with van der Waals surface area (Å²) in [5, 5.41) is 0.637. The van der Waals surface area contributed by atoms with Gasteiger partial charge in [0, 0.05) is 11.4 Å². The van der Waals surface area contributed by atoms with Gasteiger partial charge in [0.1, 0.15) is 10.7 Å². The van der Waals surface area contributed by atoms with Gasteiger partial charge in [0.05, 0.1) is 17.9 Å². The molecule has 2 aromatic heterocycles. The van der Waals surface area contributed by atoms with Crippen LogP contribution < -0.4 is 5.56 Å². The summed E-state index contributed by atoms with van der Waals surface area (Å²) in [4.78, 5) is 34.4. The number of ether oxygens (including phenoxy) is 1. The lowest BCUT2D eigenvalue weighted by atomic mass is 9.86. The average molecular weight is 378 g/mol. The Hall–Kier alpha value is -1.73. The van der Waals surface area contributed by atoms with Crippen LogP contribution in [0.15, 0.2) is 4.79 Å². The summed E-state index contributed by atoms with van der Waals surface area (Å²) >= 11 is 1.56. The SMILES string of the molecule is CCOC(=O)C1CCCc2sc3nc(C)n(CCCN(C)C)c(=O)c3c21. The lowest BCUT2D eigenvalue weighted by Gasteiger charge is -2.21. The Morgan fingerprint density at radius 1 is 1.42 bits per heavy atom. The highest BCUT2D eigenvalue weighted by atomic mass is 32.1. The van der Waals surface area contributed by atoms with Crippen molar-refractivity contribution in [3.05, 3.63) is 26.6 Å². The molecule has 0 bridgehead atoms. The molecular formula is C19H27N3O3S. The third-order valence-corrected chi connectivity index (χ3v) is 6.08. The molecule has 2 aromatic rings. The van der Waals surface area contributed by atoms with Crippen LogP contribution in [0.25, 0.3) is 10.2 Å². The zero-order valence-corrected chi connectivity index (χ0v) is 16.8. The van der Waals surface area contributed by atoms with Crippen molar-refractivity contribution in [2.75, 3.05) is 27.2 Å². The van der Waals surface area contributed by atoms with Crippen LogP contribution >= 0.6 is 11.3 Å². The number of hydrogen-bond donors (Lipinski definition) is 0. The topological polar surface area (TPSA) is 64.4 Å². The maximum Gasteiger partial charge on any atom is 0.313 e. The van der Waals surface area contributed by atoms with Crippen molar-refractivity contribution in [2.45, 2.75) is 52.0 Å². The van der Waals surface area contributed by atoms with E-state index in [1.807, 2.05) is 27.9 Å². The molecule has 1 atom stereocenters. The molecule has 7 heteroatoms. The molecule has 1 aliphatic carbocycles. The van der Waals surface area contributed by atoms with Gasteiger partial charge in [0.2, 0.25) is 0 Å². The number of thiophene rings is 1. The highest BCUT2D eigenvalue weighted by Gasteiger charge is 2.33. The number of hydrogen-bond acceptors (Lipinski definition) is 6. The molecular weight excluding hydrogens is 350 g/mol. The number of aromatic nitrogens is 2. The van der Waals surface area contributed by atoms with Crippen molar-refractivity contribution >= 4 is 27.5 Å². The molecule has 0 aliphatic heterocycles. The number of rotatable bonds is 6. The van der Waals surface area contributed by atoms with Gasteiger partial charge < -0.3 is 9.64 Å². The van der Waals surface area contributed by atoms with Crippen molar-refractivity contribution in [2.24, 2.45) is 0 Å². The Morgan fingerprint density at radius 2 is 2.19 bits per heavy atom. The first-order valence-corrected chi connectivity index (χ1v) is 10.1. The van der Waals surface area contributed by atoms with E-state index in [0.29, 0.717) is 18.5 Å². The fourth-order valence-corrected chi connectivity index (χ4v) is 5.02. The van der Waals surface area contributed by atoms with E-state index in [4.69, 9.17) is 9.72 Å². The predicted octanol–water partition coefficient (Wildman–Crippen LogP) is 2.70. The lowest BCUT2D eigenvalue weighted by Crippen LogP contribution is -2.27. The first-order valence-electron chi connectivity index (χ1n) is 9.28. The van der Waals surface area contributed by atoms with Crippen LogP contribution in [0.4, 0.5) is 0 Å². The smallest absolute Gasteiger partial charge is 0.313 e. The molecule has 0 radical (unpaired) electrons. The summed E-state index contributed by atoms with van der Waals surface area (Å²) in [7, 11) is 4.05. The molecule has 0 N–H and O–H groups in total. The molecule has 0 aromatic carbocycles. The Morgan fingerprint density at radius 3 is 2.88 bits per heavy atom. The second-order valence-corrected chi connectivity index (χ2v) is 8.17. The van der Waals surface area contributed by atoms with Gasteiger partial charge in [-0.3, -0.25) is 14.2 Å². The van der Waals surface area contributed by atoms with Gasteiger partial charge in [-0.15, -0.1) is 11.3 Å². The van der Waals surface area contributed by atoms with E-state index >= 15 is 0 Å². The van der Waals surface area contributed by atoms with Gasteiger partial charge in [0.15, 0.2) is 0 Å². The molecule has 6 nitrogen and oxygen atoms in total. The molecule has 1 unspecified atom stereocenters. The maximum absolute atomic E-state index is 13.2. The van der Waals surface area contributed by atoms with Gasteiger partial charge in [0.25, 0.3) is 5.56 Å². The van der Waals surface area contributed by atoms with Gasteiger partial charge in [-0.05, 0) is 65.7 Å². The van der Waals surface area contributed by atoms with E-state index in [-0.39, 0.29) is 17.4 Å². The fraction of sp³-hybridized carbons (Fsp3) is 0.632. The summed E-state index contributed by atoms with van der Waals surface area (Å²) in [6, 6.07) is 0. The highest BCUT2D eigenvalue weighted by Crippen LogP contribution is 2.41. The second-order valence-electron chi connectivity index (χ2n) is 7.09. The highest BCUT2D eigenvalue weighted by molar-refractivity contribution is 7.18. The lowest BCUT2D eigenvalue weighted by molar-refractivity contribution is -0.145. The number of carbonyl (C=O) groups is 1. The van der Waals surface area contributed by atoms with Crippen LogP contribution in [0, 0.1) is 6.92 Å². The van der Waals surface area contributed by atoms with Gasteiger partial charge >= 0.3 is 5.97 Å². The van der Waals surface area contributed by atoms with Crippen LogP contribution in [0.1, 0.15) is 48.4 Å². The molecule has 0 fully saturated rings. The quantitative estimate of drug-likeness (QED) is 0.724. The van der Waals surface area contributed by atoms with Crippen LogP contribution in [0.5, 0.6) is 0 Å². The fourth-order valence-electron chi connectivity index (χ4n) is 3.70. The number of fused-ring (bicyclic) bond motifs is 3. The van der Waals surface area contributed by atoms with Crippen molar-refractivity contribution in [1.82, 2.24) is 14.5 Å². The van der Waals surface area contributed by atoms with Crippen LogP contribution in [-0.4, -0.2) is 47.7 Å². The van der Waals surface area contributed by atoms with Crippen LogP contribution in [-0.2, 0) is 22.5 Å². The minimum absolute atomic E-state index is 0.0139. The molecule has 1 aliphatic rings. The number of esters is 1. The second kappa shape index (κ2) is 7.88. The minimum Gasteiger partial charge on any atom is -0.466 e. The Balaban J connectivity index is 2.07. The van der Waals surface area contributed by atoms with E-state index in [2.05, 4.69) is 4.90 Å². The summed E-state index contributed by atoms with van der Waals surface area (Å²) in [6.45, 7) is 5.62. The number of carbonyl (C=O) groups excluding carboxylic acids is 1. The van der Waals surface area contributed by atoms with Crippen LogP contribution in [0.2, 0.25) is 0 Å². The average Bonchev–Trinajstić information content (AvgIpc) is 2.95. The minimum atomic E-state index is -0.333. The summed E-state index contributed by atoms with van der Waals surface area (Å²) < 4.78 is 7.03. The first kappa shape index (κ1) is 19.0. The summed E-state index contributed by atoms with van der Waals surface area (Å²) in [5.41, 5.74) is 0.869. The first-order chi connectivity index (χ1) is 12.4. The Labute approximate surface area is 157 Å². The molecule has 0 amide bonds. The van der Waals surface area contributed by atoms with E-state index in [1.54, 1.807) is 15.9 Å². The third-order valence-electron chi connectivity index (χ3n) is 4.92. The standard InChI is InChI=1S/C19H27N3O3S/c1-5-25-19(24)13-8-6-9-14-15(13)16-17(26-14)20-12(2)22(18(16)23)11-7-10-21(3)4/h13H,5-11H2,1-4H3. The third kappa shape index (κ3) is 3.55. The number of aryl methyl sites for hydroxylation is 2. The van der Waals surface area contributed by atoms with Crippen molar-refractivity contribution < 1.29 is 9.53 Å². The van der Waals surface area contributed by atoms with Crippen molar-refractivity contribution in [1.29, 1.82) is 0 Å². The Bertz CT molecular complexity index is 869. The van der Waals surface area contributed by atoms with E-state index in [1.165, 1.54) is 0 Å². The Kier molecular flexibility index (Phi) is 5.77. The van der Waals surface area contributed by atoms with Crippen LogP contribution in [0.3, 0.4) is 0 Å². The predicted molar refractivity (Wildman–Crippen MR) is 104 cm³/mol. The summed E-state index contributed by atoms with van der Waals surface area (Å²) in [6.07, 6.45) is 3.48. The summed E-state index contributed by atoms with van der Waals surface area (Å²) in [5.74, 6) is 0.194. The molecule has 26 heavy (non-hydrogen) atoms. The van der Waals surface area contributed by atoms with E-state index in [0.717, 1.165) is 53.3 Å². The molecule has 0 spiro atoms. The molecule has 3 rings (SSSR count). The van der Waals surface area contributed by atoms with Gasteiger partial charge in [-0.1, -0.05) is 0 Å². The maximum atomic E-state index is 13.2. The molecule has 0 saturated heterocycles. The zero-order valence-electron chi connectivity index (χ0n) is 16.0. The van der Waals surface area contributed by atoms with E-state index in [9.17, 15) is 9.59 Å². The van der Waals surface area contributed by atoms with Gasteiger partial charge in [-0.25, -0.2) is 4.98 Å². The molecule has 2 heterocycles. The number of nitrogens with zero attached hydrogens (tertiary/aromatic N) is 3. The van der Waals surface area contributed by atoms with E-state index < -0.39 is 0 Å². The normalized spacial score (nSPS) is 16.9. The van der Waals surface area contributed by atoms with Crippen molar-refractivity contribution in [3.63, 3.8) is 0 Å². The van der Waals surface area contributed by atoms with Gasteiger partial charge in [-0.2, -0.15) is 0 Å². The monoisotopic (exact) mass is 377 g/mol.